The van der Waals surface area contributed by atoms with Gasteiger partial charge < -0.3 is 15.2 Å². The Balaban J connectivity index is 2.32. The highest BCUT2D eigenvalue weighted by atomic mass is 16.5. The fraction of sp³-hybridized carbons (Fsp3) is 0.800. The van der Waals surface area contributed by atoms with E-state index in [1.165, 1.54) is 0 Å². The van der Waals surface area contributed by atoms with Crippen LogP contribution in [0.25, 0.3) is 0 Å². The van der Waals surface area contributed by atoms with Crippen LogP contribution in [0.1, 0.15) is 0 Å². The maximum atomic E-state index is 10.5. The van der Waals surface area contributed by atoms with Crippen LogP contribution in [0.4, 0.5) is 0 Å². The number of carbonyl (C=O) groups is 1. The zero-order valence-electron chi connectivity index (χ0n) is 4.96. The van der Waals surface area contributed by atoms with E-state index in [0.29, 0.717) is 6.61 Å². The first kappa shape index (κ1) is 6.51. The maximum absolute atomic E-state index is 10.5. The summed E-state index contributed by atoms with van der Waals surface area (Å²) < 4.78 is 4.81. The van der Waals surface area contributed by atoms with Gasteiger partial charge in [-0.2, -0.15) is 0 Å². The van der Waals surface area contributed by atoms with Gasteiger partial charge in [-0.25, -0.2) is 0 Å². The summed E-state index contributed by atoms with van der Waals surface area (Å²) in [6.45, 7) is 0.491. The molecule has 2 N–H and O–H groups in total. The van der Waals surface area contributed by atoms with Gasteiger partial charge in [0.1, 0.15) is 6.61 Å². The third-order valence-corrected chi connectivity index (χ3v) is 1.14. The Morgan fingerprint density at radius 3 is 3.11 bits per heavy atom. The molecule has 0 spiro atoms. The molecule has 1 amide bonds. The van der Waals surface area contributed by atoms with Crippen LogP contribution >= 0.6 is 0 Å². The predicted molar refractivity (Wildman–Crippen MR) is 29.8 cm³/mol. The van der Waals surface area contributed by atoms with E-state index < -0.39 is 0 Å². The van der Waals surface area contributed by atoms with Gasteiger partial charge in [0.2, 0.25) is 5.91 Å². The Hall–Kier alpha value is -0.610. The minimum atomic E-state index is -0.203. The molecule has 1 heterocycles. The second-order valence-corrected chi connectivity index (χ2v) is 1.96. The van der Waals surface area contributed by atoms with Gasteiger partial charge in [0, 0.05) is 0 Å². The van der Waals surface area contributed by atoms with E-state index in [4.69, 9.17) is 9.84 Å². The average Bonchev–Trinajstić information content (AvgIpc) is 1.88. The molecular formula is C5H9NO3. The molecule has 1 fully saturated rings. The number of carbonyl (C=O) groups excluding carboxylic acids is 1. The van der Waals surface area contributed by atoms with Gasteiger partial charge in [-0.05, 0) is 0 Å². The Kier molecular flexibility index (Phi) is 2.02. The summed E-state index contributed by atoms with van der Waals surface area (Å²) in [5.41, 5.74) is 0. The molecule has 1 saturated heterocycles. The second kappa shape index (κ2) is 2.80. The summed E-state index contributed by atoms with van der Waals surface area (Å²) in [5, 5.41) is 11.1. The van der Waals surface area contributed by atoms with E-state index in [1.807, 2.05) is 0 Å². The fourth-order valence-electron chi connectivity index (χ4n) is 0.703. The number of hydrogen-bond donors (Lipinski definition) is 2. The van der Waals surface area contributed by atoms with Gasteiger partial charge in [-0.3, -0.25) is 4.79 Å². The van der Waals surface area contributed by atoms with Crippen molar-refractivity contribution in [1.82, 2.24) is 5.32 Å². The molecule has 9 heavy (non-hydrogen) atoms. The van der Waals surface area contributed by atoms with Crippen LogP contribution in [0.3, 0.4) is 0 Å². The van der Waals surface area contributed by atoms with E-state index in [1.54, 1.807) is 0 Å². The number of aliphatic hydroxyl groups is 1. The van der Waals surface area contributed by atoms with Crippen LogP contribution in [0.5, 0.6) is 0 Å². The molecular weight excluding hydrogens is 122 g/mol. The highest BCUT2D eigenvalue weighted by Crippen LogP contribution is 1.91. The van der Waals surface area contributed by atoms with Crippen molar-refractivity contribution in [2.45, 2.75) is 6.04 Å². The zero-order valence-corrected chi connectivity index (χ0v) is 4.96. The quantitative estimate of drug-likeness (QED) is 0.455. The number of hydrogen-bond acceptors (Lipinski definition) is 3. The van der Waals surface area contributed by atoms with Crippen molar-refractivity contribution in [1.29, 1.82) is 0 Å². The Bertz CT molecular complexity index is 115. The van der Waals surface area contributed by atoms with Gasteiger partial charge >= 0.3 is 0 Å². The number of aliphatic hydroxyl groups excluding tert-OH is 1. The molecule has 0 bridgehead atoms. The van der Waals surface area contributed by atoms with Gasteiger partial charge in [-0.1, -0.05) is 0 Å². The van der Waals surface area contributed by atoms with Gasteiger partial charge in [0.05, 0.1) is 19.3 Å². The molecule has 1 aliphatic rings. The maximum Gasteiger partial charge on any atom is 0.246 e. The molecule has 52 valence electrons. The predicted octanol–water partition coefficient (Wildman–Crippen LogP) is -1.51. The van der Waals surface area contributed by atoms with Crippen molar-refractivity contribution in [3.63, 3.8) is 0 Å². The second-order valence-electron chi connectivity index (χ2n) is 1.96. The summed E-state index contributed by atoms with van der Waals surface area (Å²) in [4.78, 5) is 10.5. The molecule has 0 saturated carbocycles. The third kappa shape index (κ3) is 1.65. The first-order valence-electron chi connectivity index (χ1n) is 2.81. The number of ether oxygens (including phenoxy) is 1. The average molecular weight is 131 g/mol. The molecule has 4 nitrogen and oxygen atoms in total. The van der Waals surface area contributed by atoms with Gasteiger partial charge in [0.25, 0.3) is 0 Å². The van der Waals surface area contributed by atoms with E-state index in [0.717, 1.165) is 0 Å². The minimum absolute atomic E-state index is 0.0499. The topological polar surface area (TPSA) is 58.6 Å². The normalized spacial score (nSPS) is 27.7. The van der Waals surface area contributed by atoms with Crippen LogP contribution in [0.2, 0.25) is 0 Å². The molecule has 0 radical (unpaired) electrons. The smallest absolute Gasteiger partial charge is 0.246 e. The van der Waals surface area contributed by atoms with E-state index in [2.05, 4.69) is 5.32 Å². The van der Waals surface area contributed by atoms with Crippen molar-refractivity contribution in [2.75, 3.05) is 19.8 Å². The van der Waals surface area contributed by atoms with Crippen molar-refractivity contribution in [3.8, 4) is 0 Å². The fourth-order valence-corrected chi connectivity index (χ4v) is 0.703. The number of morpholine rings is 1. The highest BCUT2D eigenvalue weighted by Gasteiger charge is 2.16. The van der Waals surface area contributed by atoms with Crippen LogP contribution in [0.15, 0.2) is 0 Å². The summed E-state index contributed by atoms with van der Waals surface area (Å²) in [6, 6.07) is -0.203. The van der Waals surface area contributed by atoms with Gasteiger partial charge in [-0.15, -0.1) is 0 Å². The standard InChI is InChI=1S/C5H9NO3/c7-1-4-2-9-3-5(8)6-4/h4,7H,1-3H2,(H,6,8)/t4-/m0/s1. The van der Waals surface area contributed by atoms with Crippen LogP contribution in [-0.4, -0.2) is 36.9 Å². The van der Waals surface area contributed by atoms with Crippen molar-refractivity contribution >= 4 is 5.91 Å². The monoisotopic (exact) mass is 131 g/mol. The minimum Gasteiger partial charge on any atom is -0.394 e. The summed E-state index contributed by atoms with van der Waals surface area (Å²) >= 11 is 0. The molecule has 1 aliphatic heterocycles. The molecule has 0 aromatic heterocycles. The van der Waals surface area contributed by atoms with E-state index in [9.17, 15) is 4.79 Å². The van der Waals surface area contributed by atoms with E-state index in [-0.39, 0.29) is 25.2 Å². The summed E-state index contributed by atoms with van der Waals surface area (Å²) in [7, 11) is 0. The lowest BCUT2D eigenvalue weighted by molar-refractivity contribution is -0.132. The largest absolute Gasteiger partial charge is 0.394 e. The number of rotatable bonds is 1. The Labute approximate surface area is 52.8 Å². The Morgan fingerprint density at radius 1 is 1.89 bits per heavy atom. The summed E-state index contributed by atoms with van der Waals surface area (Å²) in [6.07, 6.45) is 0. The van der Waals surface area contributed by atoms with Crippen molar-refractivity contribution in [3.05, 3.63) is 0 Å². The molecule has 0 unspecified atom stereocenters. The van der Waals surface area contributed by atoms with Gasteiger partial charge in [0.15, 0.2) is 0 Å². The molecule has 1 rings (SSSR count). The molecule has 4 heteroatoms. The zero-order chi connectivity index (χ0) is 6.69. The first-order valence-corrected chi connectivity index (χ1v) is 2.81. The van der Waals surface area contributed by atoms with Crippen LogP contribution in [0, 0.1) is 0 Å². The Morgan fingerprint density at radius 2 is 2.67 bits per heavy atom. The molecule has 0 aromatic carbocycles. The number of nitrogens with one attached hydrogen (secondary N) is 1. The lowest BCUT2D eigenvalue weighted by Crippen LogP contribution is -2.47. The van der Waals surface area contributed by atoms with Crippen LogP contribution < -0.4 is 5.32 Å². The number of amides is 1. The van der Waals surface area contributed by atoms with E-state index >= 15 is 0 Å². The summed E-state index contributed by atoms with van der Waals surface area (Å²) in [5.74, 6) is -0.152. The van der Waals surface area contributed by atoms with Crippen LogP contribution in [-0.2, 0) is 9.53 Å². The lowest BCUT2D eigenvalue weighted by atomic mass is 10.3. The van der Waals surface area contributed by atoms with Crippen molar-refractivity contribution < 1.29 is 14.6 Å². The highest BCUT2D eigenvalue weighted by molar-refractivity contribution is 5.78. The third-order valence-electron chi connectivity index (χ3n) is 1.14. The molecule has 0 aliphatic carbocycles. The SMILES string of the molecule is O=C1COC[C@H](CO)N1. The molecule has 0 aromatic rings. The molecule has 1 atom stereocenters. The van der Waals surface area contributed by atoms with Crippen molar-refractivity contribution in [2.24, 2.45) is 0 Å². The lowest BCUT2D eigenvalue weighted by Gasteiger charge is -2.20. The first-order chi connectivity index (χ1) is 4.33.